The molecule has 1 aromatic carbocycles. The van der Waals surface area contributed by atoms with Gasteiger partial charge in [0.2, 0.25) is 5.91 Å². The quantitative estimate of drug-likeness (QED) is 0.811. The summed E-state index contributed by atoms with van der Waals surface area (Å²) < 4.78 is 5.36. The van der Waals surface area contributed by atoms with Crippen LogP contribution in [0.25, 0.3) is 0 Å². The highest BCUT2D eigenvalue weighted by atomic mass is 16.5. The average molecular weight is 249 g/mol. The van der Waals surface area contributed by atoms with Crippen LogP contribution in [0.3, 0.4) is 0 Å². The molecule has 0 aliphatic carbocycles. The molecule has 1 amide bonds. The molecule has 0 bridgehead atoms. The lowest BCUT2D eigenvalue weighted by atomic mass is 10.1. The van der Waals surface area contributed by atoms with Gasteiger partial charge in [-0.2, -0.15) is 0 Å². The average Bonchev–Trinajstić information content (AvgIpc) is 2.41. The fraction of sp³-hybridized carbons (Fsp3) is 0.462. The third-order valence-electron chi connectivity index (χ3n) is 3.27. The van der Waals surface area contributed by atoms with Crippen LogP contribution in [-0.2, 0) is 4.79 Å². The molecule has 0 aromatic heterocycles. The topological polar surface area (TPSA) is 67.6 Å². The van der Waals surface area contributed by atoms with Gasteiger partial charge in [0, 0.05) is 19.1 Å². The molecule has 1 heterocycles. The first-order valence-corrected chi connectivity index (χ1v) is 6.08. The third-order valence-corrected chi connectivity index (χ3v) is 3.27. The normalized spacial score (nSPS) is 23.7. The summed E-state index contributed by atoms with van der Waals surface area (Å²) in [4.78, 5) is 13.9. The number of ether oxygens (including phenoxy) is 1. The van der Waals surface area contributed by atoms with E-state index in [-0.39, 0.29) is 24.5 Å². The number of piperazine rings is 1. The zero-order valence-electron chi connectivity index (χ0n) is 10.7. The highest BCUT2D eigenvalue weighted by Crippen LogP contribution is 2.31. The first-order valence-electron chi connectivity index (χ1n) is 6.08. The molecule has 5 nitrogen and oxygen atoms in total. The second-order valence-electron chi connectivity index (χ2n) is 4.42. The number of anilines is 1. The monoisotopic (exact) mass is 249 g/mol. The summed E-state index contributed by atoms with van der Waals surface area (Å²) in [6.45, 7) is 2.97. The third kappa shape index (κ3) is 2.13. The number of hydrogen-bond donors (Lipinski definition) is 2. The van der Waals surface area contributed by atoms with Crippen molar-refractivity contribution in [1.82, 2.24) is 5.32 Å². The smallest absolute Gasteiger partial charge is 0.244 e. The van der Waals surface area contributed by atoms with Gasteiger partial charge in [-0.05, 0) is 19.1 Å². The van der Waals surface area contributed by atoms with Gasteiger partial charge in [-0.1, -0.05) is 12.1 Å². The largest absolute Gasteiger partial charge is 0.495 e. The van der Waals surface area contributed by atoms with Crippen molar-refractivity contribution in [3.63, 3.8) is 0 Å². The van der Waals surface area contributed by atoms with Crippen LogP contribution in [0.1, 0.15) is 6.92 Å². The van der Waals surface area contributed by atoms with E-state index in [9.17, 15) is 4.79 Å². The Morgan fingerprint density at radius 3 is 2.89 bits per heavy atom. The molecule has 3 N–H and O–H groups in total. The number of hydrogen-bond acceptors (Lipinski definition) is 4. The molecular formula is C13H19N3O2. The van der Waals surface area contributed by atoms with Gasteiger partial charge in [-0.15, -0.1) is 0 Å². The van der Waals surface area contributed by atoms with E-state index < -0.39 is 0 Å². The Hall–Kier alpha value is -1.75. The van der Waals surface area contributed by atoms with E-state index in [0.29, 0.717) is 6.54 Å². The molecule has 5 heteroatoms. The summed E-state index contributed by atoms with van der Waals surface area (Å²) in [5, 5.41) is 2.87. The van der Waals surface area contributed by atoms with Crippen LogP contribution in [-0.4, -0.2) is 38.2 Å². The van der Waals surface area contributed by atoms with Gasteiger partial charge in [0.1, 0.15) is 11.8 Å². The van der Waals surface area contributed by atoms with E-state index in [1.807, 2.05) is 29.2 Å². The SMILES string of the molecule is COc1ccccc1N1C(C)CNC(=O)C1CN. The van der Waals surface area contributed by atoms with Crippen molar-refractivity contribution in [2.75, 3.05) is 25.1 Å². The van der Waals surface area contributed by atoms with Crippen LogP contribution in [0, 0.1) is 0 Å². The number of nitrogens with two attached hydrogens (primary N) is 1. The Morgan fingerprint density at radius 2 is 2.22 bits per heavy atom. The van der Waals surface area contributed by atoms with E-state index in [4.69, 9.17) is 10.5 Å². The predicted octanol–water partition coefficient (Wildman–Crippen LogP) is 0.347. The van der Waals surface area contributed by atoms with E-state index in [1.54, 1.807) is 7.11 Å². The maximum absolute atomic E-state index is 11.9. The molecule has 2 unspecified atom stereocenters. The van der Waals surface area contributed by atoms with Gasteiger partial charge in [0.25, 0.3) is 0 Å². The number of carbonyl (C=O) groups is 1. The van der Waals surface area contributed by atoms with Crippen molar-refractivity contribution >= 4 is 11.6 Å². The molecule has 2 rings (SSSR count). The van der Waals surface area contributed by atoms with Gasteiger partial charge in [0.15, 0.2) is 0 Å². The van der Waals surface area contributed by atoms with Crippen molar-refractivity contribution in [3.8, 4) is 5.75 Å². The minimum absolute atomic E-state index is 0.0264. The summed E-state index contributed by atoms with van der Waals surface area (Å²) >= 11 is 0. The summed E-state index contributed by atoms with van der Waals surface area (Å²) in [5.41, 5.74) is 6.65. The van der Waals surface area contributed by atoms with Crippen LogP contribution in [0.15, 0.2) is 24.3 Å². The van der Waals surface area contributed by atoms with Crippen LogP contribution in [0.4, 0.5) is 5.69 Å². The molecule has 1 aliphatic heterocycles. The van der Waals surface area contributed by atoms with Gasteiger partial charge in [0.05, 0.1) is 12.8 Å². The molecule has 18 heavy (non-hydrogen) atoms. The highest BCUT2D eigenvalue weighted by molar-refractivity contribution is 5.87. The minimum Gasteiger partial charge on any atom is -0.495 e. The number of para-hydroxylation sites is 2. The lowest BCUT2D eigenvalue weighted by Gasteiger charge is -2.41. The molecule has 1 aliphatic rings. The summed E-state index contributed by atoms with van der Waals surface area (Å²) in [7, 11) is 1.63. The van der Waals surface area contributed by atoms with Crippen LogP contribution < -0.4 is 20.7 Å². The van der Waals surface area contributed by atoms with E-state index in [0.717, 1.165) is 11.4 Å². The van der Waals surface area contributed by atoms with Gasteiger partial charge in [-0.3, -0.25) is 4.79 Å². The number of nitrogens with one attached hydrogen (secondary N) is 1. The Labute approximate surface area is 107 Å². The van der Waals surface area contributed by atoms with Gasteiger partial charge < -0.3 is 20.7 Å². The van der Waals surface area contributed by atoms with Crippen molar-refractivity contribution in [2.45, 2.75) is 19.0 Å². The first-order chi connectivity index (χ1) is 8.69. The second-order valence-corrected chi connectivity index (χ2v) is 4.42. The highest BCUT2D eigenvalue weighted by Gasteiger charge is 2.34. The fourth-order valence-corrected chi connectivity index (χ4v) is 2.37. The Bertz CT molecular complexity index is 436. The van der Waals surface area contributed by atoms with Gasteiger partial charge in [-0.25, -0.2) is 0 Å². The number of methoxy groups -OCH3 is 1. The van der Waals surface area contributed by atoms with Crippen LogP contribution in [0.2, 0.25) is 0 Å². The second kappa shape index (κ2) is 5.27. The van der Waals surface area contributed by atoms with Crippen molar-refractivity contribution in [2.24, 2.45) is 5.73 Å². The van der Waals surface area contributed by atoms with Crippen molar-refractivity contribution in [3.05, 3.63) is 24.3 Å². The Morgan fingerprint density at radius 1 is 1.50 bits per heavy atom. The lowest BCUT2D eigenvalue weighted by Crippen LogP contribution is -2.62. The maximum atomic E-state index is 11.9. The number of carbonyl (C=O) groups excluding carboxylic acids is 1. The van der Waals surface area contributed by atoms with E-state index in [2.05, 4.69) is 12.2 Å². The molecule has 2 atom stereocenters. The molecular weight excluding hydrogens is 230 g/mol. The summed E-state index contributed by atoms with van der Waals surface area (Å²) in [6.07, 6.45) is 0. The Kier molecular flexibility index (Phi) is 3.72. The standard InChI is InChI=1S/C13H19N3O2/c1-9-8-15-13(17)11(7-14)16(9)10-5-3-4-6-12(10)18-2/h3-6,9,11H,7-8,14H2,1-2H3,(H,15,17). The molecule has 1 aromatic rings. The summed E-state index contributed by atoms with van der Waals surface area (Å²) in [5.74, 6) is 0.735. The van der Waals surface area contributed by atoms with Gasteiger partial charge >= 0.3 is 0 Å². The summed E-state index contributed by atoms with van der Waals surface area (Å²) in [6, 6.07) is 7.54. The molecule has 98 valence electrons. The first kappa shape index (κ1) is 12.7. The van der Waals surface area contributed by atoms with Crippen molar-refractivity contribution < 1.29 is 9.53 Å². The molecule has 1 saturated heterocycles. The fourth-order valence-electron chi connectivity index (χ4n) is 2.37. The molecule has 1 fully saturated rings. The zero-order valence-corrected chi connectivity index (χ0v) is 10.7. The number of benzene rings is 1. The number of rotatable bonds is 3. The molecule has 0 saturated carbocycles. The predicted molar refractivity (Wildman–Crippen MR) is 70.8 cm³/mol. The molecule has 0 spiro atoms. The minimum atomic E-state index is -0.343. The maximum Gasteiger partial charge on any atom is 0.244 e. The lowest BCUT2D eigenvalue weighted by molar-refractivity contribution is -0.123. The number of nitrogens with zero attached hydrogens (tertiary/aromatic N) is 1. The van der Waals surface area contributed by atoms with E-state index >= 15 is 0 Å². The van der Waals surface area contributed by atoms with Crippen LogP contribution in [0.5, 0.6) is 5.75 Å². The molecule has 0 radical (unpaired) electrons. The zero-order chi connectivity index (χ0) is 13.1. The number of amides is 1. The Balaban J connectivity index is 2.41. The van der Waals surface area contributed by atoms with Crippen LogP contribution >= 0.6 is 0 Å². The van der Waals surface area contributed by atoms with Crippen molar-refractivity contribution in [1.29, 1.82) is 0 Å². The van der Waals surface area contributed by atoms with E-state index in [1.165, 1.54) is 0 Å².